The molecule has 1 aliphatic heterocycles. The zero-order valence-electron chi connectivity index (χ0n) is 12.2. The summed E-state index contributed by atoms with van der Waals surface area (Å²) < 4.78 is 5.58. The molecule has 1 aromatic carbocycles. The van der Waals surface area contributed by atoms with Crippen LogP contribution in [0.2, 0.25) is 0 Å². The molecular weight excluding hydrogens is 248 g/mol. The second kappa shape index (κ2) is 6.59. The Bertz CT molecular complexity index is 439. The van der Waals surface area contributed by atoms with Crippen molar-refractivity contribution < 1.29 is 4.74 Å². The van der Waals surface area contributed by atoms with E-state index in [0.717, 1.165) is 31.1 Å². The first-order chi connectivity index (χ1) is 9.86. The molecule has 3 rings (SSSR count). The maximum Gasteiger partial charge on any atom is 0.122 e. The normalized spacial score (nSPS) is 21.1. The van der Waals surface area contributed by atoms with Crippen molar-refractivity contribution in [1.82, 2.24) is 5.43 Å². The van der Waals surface area contributed by atoms with Crippen LogP contribution < -0.4 is 16.0 Å². The Kier molecular flexibility index (Phi) is 4.58. The van der Waals surface area contributed by atoms with E-state index in [1.807, 2.05) is 0 Å². The first kappa shape index (κ1) is 13.9. The largest absolute Gasteiger partial charge is 0.493 e. The molecule has 0 aromatic heterocycles. The Morgan fingerprint density at radius 3 is 2.75 bits per heavy atom. The number of fused-ring (bicyclic) bond motifs is 1. The van der Waals surface area contributed by atoms with Crippen LogP contribution in [0.5, 0.6) is 5.75 Å². The van der Waals surface area contributed by atoms with E-state index in [4.69, 9.17) is 10.6 Å². The van der Waals surface area contributed by atoms with Gasteiger partial charge < -0.3 is 4.74 Å². The quantitative estimate of drug-likeness (QED) is 0.502. The standard InChI is InChI=1S/C17H26N2O/c18-19-16(11-13-5-3-1-2-4-6-13)14-7-8-17-15(12-14)9-10-20-17/h7-8,12-13,16,19H,1-6,9-11,18H2. The molecule has 3 nitrogen and oxygen atoms in total. The van der Waals surface area contributed by atoms with E-state index in [-0.39, 0.29) is 6.04 Å². The predicted molar refractivity (Wildman–Crippen MR) is 81.5 cm³/mol. The summed E-state index contributed by atoms with van der Waals surface area (Å²) in [5, 5.41) is 0. The zero-order valence-corrected chi connectivity index (χ0v) is 12.2. The molecule has 1 aromatic rings. The van der Waals surface area contributed by atoms with Gasteiger partial charge in [-0.3, -0.25) is 11.3 Å². The Balaban J connectivity index is 1.69. The van der Waals surface area contributed by atoms with Crippen molar-refractivity contribution in [3.05, 3.63) is 29.3 Å². The van der Waals surface area contributed by atoms with Crippen molar-refractivity contribution >= 4 is 0 Å². The second-order valence-electron chi connectivity index (χ2n) is 6.28. The predicted octanol–water partition coefficient (Wildman–Crippen LogP) is 3.49. The van der Waals surface area contributed by atoms with Crippen LogP contribution in [0, 0.1) is 5.92 Å². The number of rotatable bonds is 4. The Labute approximate surface area is 121 Å². The monoisotopic (exact) mass is 274 g/mol. The first-order valence-electron chi connectivity index (χ1n) is 8.08. The maximum atomic E-state index is 5.82. The van der Waals surface area contributed by atoms with E-state index < -0.39 is 0 Å². The highest BCUT2D eigenvalue weighted by Crippen LogP contribution is 2.33. The summed E-state index contributed by atoms with van der Waals surface area (Å²) in [4.78, 5) is 0. The summed E-state index contributed by atoms with van der Waals surface area (Å²) in [5.74, 6) is 7.70. The minimum absolute atomic E-state index is 0.281. The van der Waals surface area contributed by atoms with Crippen LogP contribution >= 0.6 is 0 Å². The van der Waals surface area contributed by atoms with Crippen molar-refractivity contribution in [2.24, 2.45) is 11.8 Å². The van der Waals surface area contributed by atoms with Gasteiger partial charge in [0.15, 0.2) is 0 Å². The maximum absolute atomic E-state index is 5.82. The van der Waals surface area contributed by atoms with Gasteiger partial charge >= 0.3 is 0 Å². The lowest BCUT2D eigenvalue weighted by atomic mass is 9.89. The fourth-order valence-corrected chi connectivity index (χ4v) is 3.66. The summed E-state index contributed by atoms with van der Waals surface area (Å²) in [7, 11) is 0. The summed E-state index contributed by atoms with van der Waals surface area (Å²) in [6, 6.07) is 6.84. The zero-order chi connectivity index (χ0) is 13.8. The van der Waals surface area contributed by atoms with Crippen LogP contribution in [0.15, 0.2) is 18.2 Å². The molecule has 0 saturated heterocycles. The first-order valence-corrected chi connectivity index (χ1v) is 8.08. The van der Waals surface area contributed by atoms with E-state index in [1.165, 1.54) is 49.7 Å². The van der Waals surface area contributed by atoms with Gasteiger partial charge in [-0.05, 0) is 29.5 Å². The number of nitrogens with two attached hydrogens (primary N) is 1. The third kappa shape index (κ3) is 3.15. The van der Waals surface area contributed by atoms with Gasteiger partial charge in [0.05, 0.1) is 6.61 Å². The molecule has 1 heterocycles. The molecule has 1 aliphatic carbocycles. The summed E-state index contributed by atoms with van der Waals surface area (Å²) in [6.07, 6.45) is 10.5. The minimum Gasteiger partial charge on any atom is -0.493 e. The highest BCUT2D eigenvalue weighted by molar-refractivity contribution is 5.40. The average molecular weight is 274 g/mol. The molecule has 0 radical (unpaired) electrons. The van der Waals surface area contributed by atoms with E-state index in [1.54, 1.807) is 0 Å². The van der Waals surface area contributed by atoms with Gasteiger partial charge in [0.1, 0.15) is 5.75 Å². The van der Waals surface area contributed by atoms with Crippen molar-refractivity contribution in [2.45, 2.75) is 57.4 Å². The molecule has 1 unspecified atom stereocenters. The SMILES string of the molecule is NNC(CC1CCCCCC1)c1ccc2c(c1)CCO2. The summed E-state index contributed by atoms with van der Waals surface area (Å²) in [6.45, 7) is 0.822. The number of nitrogens with one attached hydrogen (secondary N) is 1. The Morgan fingerprint density at radius 1 is 1.20 bits per heavy atom. The number of hydrogen-bond donors (Lipinski definition) is 2. The molecule has 110 valence electrons. The van der Waals surface area contributed by atoms with Crippen LogP contribution in [0.4, 0.5) is 0 Å². The van der Waals surface area contributed by atoms with Crippen LogP contribution in [0.25, 0.3) is 0 Å². The molecule has 2 aliphatic rings. The van der Waals surface area contributed by atoms with Gasteiger partial charge in [0.2, 0.25) is 0 Å². The number of benzene rings is 1. The molecule has 0 amide bonds. The number of hydrogen-bond acceptors (Lipinski definition) is 3. The van der Waals surface area contributed by atoms with E-state index >= 15 is 0 Å². The van der Waals surface area contributed by atoms with Crippen LogP contribution in [0.3, 0.4) is 0 Å². The fraction of sp³-hybridized carbons (Fsp3) is 0.647. The van der Waals surface area contributed by atoms with Gasteiger partial charge in [-0.2, -0.15) is 0 Å². The van der Waals surface area contributed by atoms with E-state index in [2.05, 4.69) is 23.6 Å². The topological polar surface area (TPSA) is 47.3 Å². The molecule has 3 heteroatoms. The second-order valence-corrected chi connectivity index (χ2v) is 6.28. The third-order valence-electron chi connectivity index (χ3n) is 4.86. The molecule has 1 saturated carbocycles. The van der Waals surface area contributed by atoms with E-state index in [9.17, 15) is 0 Å². The molecule has 0 bridgehead atoms. The molecule has 1 atom stereocenters. The number of hydrazine groups is 1. The van der Waals surface area contributed by atoms with Gasteiger partial charge in [0.25, 0.3) is 0 Å². The minimum atomic E-state index is 0.281. The van der Waals surface area contributed by atoms with E-state index in [0.29, 0.717) is 0 Å². The lowest BCUT2D eigenvalue weighted by Gasteiger charge is -2.22. The van der Waals surface area contributed by atoms with Crippen LogP contribution in [-0.4, -0.2) is 6.61 Å². The molecule has 3 N–H and O–H groups in total. The number of ether oxygens (including phenoxy) is 1. The summed E-state index contributed by atoms with van der Waals surface area (Å²) >= 11 is 0. The Morgan fingerprint density at radius 2 is 2.00 bits per heavy atom. The van der Waals surface area contributed by atoms with Gasteiger partial charge in [-0.25, -0.2) is 0 Å². The molecule has 0 spiro atoms. The van der Waals surface area contributed by atoms with Crippen molar-refractivity contribution in [3.8, 4) is 5.75 Å². The van der Waals surface area contributed by atoms with Crippen molar-refractivity contribution in [1.29, 1.82) is 0 Å². The van der Waals surface area contributed by atoms with Gasteiger partial charge in [0, 0.05) is 12.5 Å². The average Bonchev–Trinajstić information content (AvgIpc) is 2.79. The van der Waals surface area contributed by atoms with Gasteiger partial charge in [-0.1, -0.05) is 50.7 Å². The molecular formula is C17H26N2O. The van der Waals surface area contributed by atoms with Crippen molar-refractivity contribution in [3.63, 3.8) is 0 Å². The lowest BCUT2D eigenvalue weighted by Crippen LogP contribution is -2.29. The van der Waals surface area contributed by atoms with Gasteiger partial charge in [-0.15, -0.1) is 0 Å². The van der Waals surface area contributed by atoms with Crippen LogP contribution in [0.1, 0.15) is 62.1 Å². The fourth-order valence-electron chi connectivity index (χ4n) is 3.66. The Hall–Kier alpha value is -1.06. The van der Waals surface area contributed by atoms with Crippen LogP contribution in [-0.2, 0) is 6.42 Å². The third-order valence-corrected chi connectivity index (χ3v) is 4.86. The van der Waals surface area contributed by atoms with Crippen molar-refractivity contribution in [2.75, 3.05) is 6.61 Å². The highest BCUT2D eigenvalue weighted by Gasteiger charge is 2.20. The molecule has 1 fully saturated rings. The lowest BCUT2D eigenvalue weighted by molar-refractivity contribution is 0.355. The summed E-state index contributed by atoms with van der Waals surface area (Å²) in [5.41, 5.74) is 5.69. The highest BCUT2D eigenvalue weighted by atomic mass is 16.5. The smallest absolute Gasteiger partial charge is 0.122 e. The molecule has 20 heavy (non-hydrogen) atoms.